The summed E-state index contributed by atoms with van der Waals surface area (Å²) in [5.74, 6) is -1.02. The molecular weight excluding hydrogens is 192 g/mol. The molecule has 0 heterocycles. The Balaban J connectivity index is 2.86. The van der Waals surface area contributed by atoms with Gasteiger partial charge in [-0.1, -0.05) is 12.1 Å². The van der Waals surface area contributed by atoms with Crippen LogP contribution in [0.2, 0.25) is 0 Å². The lowest BCUT2D eigenvalue weighted by molar-refractivity contribution is -0.129. The molecule has 15 heavy (non-hydrogen) atoms. The van der Waals surface area contributed by atoms with Gasteiger partial charge in [0.1, 0.15) is 5.71 Å². The molecule has 0 aliphatic rings. The molecule has 0 spiro atoms. The van der Waals surface area contributed by atoms with Crippen LogP contribution in [0, 0.1) is 13.8 Å². The van der Waals surface area contributed by atoms with Gasteiger partial charge in [0.15, 0.2) is 0 Å². The highest BCUT2D eigenvalue weighted by Crippen LogP contribution is 2.16. The summed E-state index contributed by atoms with van der Waals surface area (Å²) in [7, 11) is 0. The normalized spacial score (nSPS) is 11.3. The van der Waals surface area contributed by atoms with Crippen molar-refractivity contribution in [1.29, 1.82) is 0 Å². The van der Waals surface area contributed by atoms with E-state index in [2.05, 4.69) is 10.5 Å². The first-order valence-corrected chi connectivity index (χ1v) is 4.61. The van der Waals surface area contributed by atoms with E-state index in [1.165, 1.54) is 6.92 Å². The molecule has 0 unspecified atom stereocenters. The molecule has 1 aromatic carbocycles. The smallest absolute Gasteiger partial charge is 0.351 e. The summed E-state index contributed by atoms with van der Waals surface area (Å²) in [4.78, 5) is 10.5. The first kappa shape index (κ1) is 11.2. The average Bonchev–Trinajstić information content (AvgIpc) is 2.18. The van der Waals surface area contributed by atoms with E-state index in [1.807, 2.05) is 32.0 Å². The van der Waals surface area contributed by atoms with Gasteiger partial charge in [0.25, 0.3) is 0 Å². The Morgan fingerprint density at radius 3 is 2.67 bits per heavy atom. The minimum absolute atomic E-state index is 0.0379. The quantitative estimate of drug-likeness (QED) is 0.588. The molecule has 0 atom stereocenters. The number of nitrogens with zero attached hydrogens (tertiary/aromatic N) is 1. The molecule has 0 bridgehead atoms. The van der Waals surface area contributed by atoms with E-state index < -0.39 is 5.97 Å². The second-order valence-corrected chi connectivity index (χ2v) is 3.43. The zero-order valence-electron chi connectivity index (χ0n) is 9.03. The Labute approximate surface area is 88.6 Å². The van der Waals surface area contributed by atoms with Gasteiger partial charge in [-0.3, -0.25) is 5.43 Å². The van der Waals surface area contributed by atoms with Crippen LogP contribution in [0.4, 0.5) is 5.69 Å². The lowest BCUT2D eigenvalue weighted by atomic mass is 10.1. The Kier molecular flexibility index (Phi) is 3.44. The molecule has 0 radical (unpaired) electrons. The van der Waals surface area contributed by atoms with Gasteiger partial charge >= 0.3 is 5.97 Å². The van der Waals surface area contributed by atoms with Gasteiger partial charge in [-0.2, -0.15) is 5.10 Å². The molecule has 4 heteroatoms. The third kappa shape index (κ3) is 3.09. The first-order chi connectivity index (χ1) is 7.00. The molecule has 0 saturated heterocycles. The third-order valence-corrected chi connectivity index (χ3v) is 2.05. The molecule has 4 nitrogen and oxygen atoms in total. The number of hydrogen-bond acceptors (Lipinski definition) is 3. The van der Waals surface area contributed by atoms with Crippen molar-refractivity contribution in [1.82, 2.24) is 0 Å². The number of carboxylic acid groups (broad SMARTS) is 1. The lowest BCUT2D eigenvalue weighted by Crippen LogP contribution is -2.10. The maximum atomic E-state index is 10.5. The standard InChI is InChI=1S/C11H14N2O2/c1-7-4-5-8(2)10(6-7)13-12-9(3)11(14)15/h4-6,13H,1-3H3,(H,14,15). The number of hydrogen-bond donors (Lipinski definition) is 2. The number of anilines is 1. The number of carboxylic acids is 1. The Morgan fingerprint density at radius 2 is 2.07 bits per heavy atom. The molecule has 0 fully saturated rings. The zero-order valence-corrected chi connectivity index (χ0v) is 9.03. The van der Waals surface area contributed by atoms with E-state index in [0.717, 1.165) is 16.8 Å². The van der Waals surface area contributed by atoms with E-state index in [-0.39, 0.29) is 5.71 Å². The maximum Gasteiger partial charge on any atom is 0.351 e. The van der Waals surface area contributed by atoms with Crippen LogP contribution >= 0.6 is 0 Å². The largest absolute Gasteiger partial charge is 0.477 e. The fraction of sp³-hybridized carbons (Fsp3) is 0.273. The number of carbonyl (C=O) groups is 1. The first-order valence-electron chi connectivity index (χ1n) is 4.61. The van der Waals surface area contributed by atoms with Gasteiger partial charge in [0.05, 0.1) is 5.69 Å². The van der Waals surface area contributed by atoms with E-state index in [4.69, 9.17) is 5.11 Å². The van der Waals surface area contributed by atoms with Crippen molar-refractivity contribution in [3.05, 3.63) is 29.3 Å². The fourth-order valence-electron chi connectivity index (χ4n) is 1.05. The molecule has 1 aromatic rings. The van der Waals surface area contributed by atoms with E-state index in [0.29, 0.717) is 0 Å². The minimum atomic E-state index is -1.02. The Morgan fingerprint density at radius 1 is 1.40 bits per heavy atom. The van der Waals surface area contributed by atoms with Crippen LogP contribution in [-0.4, -0.2) is 16.8 Å². The molecule has 80 valence electrons. The monoisotopic (exact) mass is 206 g/mol. The summed E-state index contributed by atoms with van der Waals surface area (Å²) < 4.78 is 0. The van der Waals surface area contributed by atoms with Crippen molar-refractivity contribution in [2.75, 3.05) is 5.43 Å². The molecule has 0 aromatic heterocycles. The Hall–Kier alpha value is -1.84. The molecule has 0 saturated carbocycles. The van der Waals surface area contributed by atoms with Crippen LogP contribution < -0.4 is 5.43 Å². The third-order valence-electron chi connectivity index (χ3n) is 2.05. The fourth-order valence-corrected chi connectivity index (χ4v) is 1.05. The number of aryl methyl sites for hydroxylation is 2. The highest BCUT2D eigenvalue weighted by Gasteiger charge is 2.02. The van der Waals surface area contributed by atoms with Crippen LogP contribution in [0.3, 0.4) is 0 Å². The van der Waals surface area contributed by atoms with Gasteiger partial charge in [0, 0.05) is 0 Å². The summed E-state index contributed by atoms with van der Waals surface area (Å²) in [6.45, 7) is 5.35. The number of hydrazone groups is 1. The summed E-state index contributed by atoms with van der Waals surface area (Å²) in [5.41, 5.74) is 5.74. The highest BCUT2D eigenvalue weighted by molar-refractivity contribution is 6.34. The van der Waals surface area contributed by atoms with Crippen LogP contribution in [0.25, 0.3) is 0 Å². The summed E-state index contributed by atoms with van der Waals surface area (Å²) in [5, 5.41) is 12.4. The highest BCUT2D eigenvalue weighted by atomic mass is 16.4. The second-order valence-electron chi connectivity index (χ2n) is 3.43. The minimum Gasteiger partial charge on any atom is -0.477 e. The van der Waals surface area contributed by atoms with E-state index in [1.54, 1.807) is 0 Å². The van der Waals surface area contributed by atoms with E-state index in [9.17, 15) is 4.79 Å². The predicted molar refractivity (Wildman–Crippen MR) is 60.3 cm³/mol. The van der Waals surface area contributed by atoms with Crippen molar-refractivity contribution in [2.45, 2.75) is 20.8 Å². The molecule has 0 aliphatic carbocycles. The van der Waals surface area contributed by atoms with Gasteiger partial charge in [-0.25, -0.2) is 4.79 Å². The van der Waals surface area contributed by atoms with Crippen molar-refractivity contribution in [3.63, 3.8) is 0 Å². The maximum absolute atomic E-state index is 10.5. The Bertz CT molecular complexity index is 411. The summed E-state index contributed by atoms with van der Waals surface area (Å²) in [6.07, 6.45) is 0. The number of benzene rings is 1. The van der Waals surface area contributed by atoms with Crippen LogP contribution in [0.1, 0.15) is 18.1 Å². The number of nitrogens with one attached hydrogen (secondary N) is 1. The van der Waals surface area contributed by atoms with Gasteiger partial charge in [-0.15, -0.1) is 0 Å². The van der Waals surface area contributed by atoms with Crippen molar-refractivity contribution in [3.8, 4) is 0 Å². The molecule has 2 N–H and O–H groups in total. The lowest BCUT2D eigenvalue weighted by Gasteiger charge is -2.06. The molecule has 0 amide bonds. The second kappa shape index (κ2) is 4.59. The molecule has 0 aliphatic heterocycles. The topological polar surface area (TPSA) is 61.7 Å². The number of aliphatic carboxylic acids is 1. The summed E-state index contributed by atoms with van der Waals surface area (Å²) in [6, 6.07) is 5.88. The average molecular weight is 206 g/mol. The molecule has 1 rings (SSSR count). The SMILES string of the molecule is CC(=NNc1cc(C)ccc1C)C(=O)O. The number of rotatable bonds is 3. The van der Waals surface area contributed by atoms with Crippen molar-refractivity contribution < 1.29 is 9.90 Å². The van der Waals surface area contributed by atoms with Crippen LogP contribution in [0.5, 0.6) is 0 Å². The zero-order chi connectivity index (χ0) is 11.4. The van der Waals surface area contributed by atoms with Gasteiger partial charge in [0.2, 0.25) is 0 Å². The van der Waals surface area contributed by atoms with Crippen molar-refractivity contribution >= 4 is 17.4 Å². The van der Waals surface area contributed by atoms with Crippen LogP contribution in [-0.2, 0) is 4.79 Å². The molecular formula is C11H14N2O2. The summed E-state index contributed by atoms with van der Waals surface area (Å²) >= 11 is 0. The van der Waals surface area contributed by atoms with Crippen molar-refractivity contribution in [2.24, 2.45) is 5.10 Å². The van der Waals surface area contributed by atoms with Gasteiger partial charge in [-0.05, 0) is 38.0 Å². The predicted octanol–water partition coefficient (Wildman–Crippen LogP) is 2.18. The van der Waals surface area contributed by atoms with Crippen LogP contribution in [0.15, 0.2) is 23.3 Å². The van der Waals surface area contributed by atoms with Gasteiger partial charge < -0.3 is 5.11 Å². The van der Waals surface area contributed by atoms with E-state index >= 15 is 0 Å².